The maximum atomic E-state index is 11.7. The number of furan rings is 1. The average molecular weight is 321 g/mol. The fourth-order valence-corrected chi connectivity index (χ4v) is 2.90. The van der Waals surface area contributed by atoms with E-state index in [0.29, 0.717) is 28.8 Å². The monoisotopic (exact) mass is 321 g/mol. The molecule has 0 radical (unpaired) electrons. The van der Waals surface area contributed by atoms with Gasteiger partial charge in [-0.2, -0.15) is 0 Å². The summed E-state index contributed by atoms with van der Waals surface area (Å²) >= 11 is 5.23. The number of hydrazine groups is 1. The lowest BCUT2D eigenvalue weighted by atomic mass is 9.78. The number of rotatable bonds is 3. The molecule has 5 nitrogen and oxygen atoms in total. The molecule has 3 atom stereocenters. The lowest BCUT2D eigenvalue weighted by molar-refractivity contribution is -0.117. The SMILES string of the molecule is C[C@@H]1[C@H](C)CCC[C@H]1NC(=S)NNC(=O)/C=C/c1ccco1. The van der Waals surface area contributed by atoms with Crippen LogP contribution < -0.4 is 16.2 Å². The summed E-state index contributed by atoms with van der Waals surface area (Å²) in [7, 11) is 0. The third kappa shape index (κ3) is 4.87. The van der Waals surface area contributed by atoms with E-state index in [1.165, 1.54) is 18.9 Å². The number of thiocarbonyl (C=S) groups is 1. The molecule has 1 aromatic rings. The summed E-state index contributed by atoms with van der Waals surface area (Å²) in [4.78, 5) is 11.7. The normalized spacial score (nSPS) is 24.9. The lowest BCUT2D eigenvalue weighted by Gasteiger charge is -2.35. The minimum atomic E-state index is -0.286. The Balaban J connectivity index is 1.72. The second-order valence-electron chi connectivity index (χ2n) is 5.81. The molecule has 0 saturated heterocycles. The van der Waals surface area contributed by atoms with Gasteiger partial charge in [0.2, 0.25) is 0 Å². The molecule has 1 aliphatic rings. The van der Waals surface area contributed by atoms with Gasteiger partial charge in [0.15, 0.2) is 5.11 Å². The molecule has 1 aromatic heterocycles. The van der Waals surface area contributed by atoms with Gasteiger partial charge in [-0.25, -0.2) is 0 Å². The predicted octanol–water partition coefficient (Wildman–Crippen LogP) is 2.61. The third-order valence-corrected chi connectivity index (χ3v) is 4.48. The summed E-state index contributed by atoms with van der Waals surface area (Å²) in [6, 6.07) is 3.90. The van der Waals surface area contributed by atoms with E-state index in [-0.39, 0.29) is 5.91 Å². The summed E-state index contributed by atoms with van der Waals surface area (Å²) in [5.74, 6) is 1.61. The van der Waals surface area contributed by atoms with E-state index in [0.717, 1.165) is 6.42 Å². The van der Waals surface area contributed by atoms with Gasteiger partial charge in [0, 0.05) is 12.1 Å². The van der Waals surface area contributed by atoms with Crippen LogP contribution in [-0.2, 0) is 4.79 Å². The highest BCUT2D eigenvalue weighted by Gasteiger charge is 2.27. The van der Waals surface area contributed by atoms with Crippen molar-refractivity contribution in [3.63, 3.8) is 0 Å². The van der Waals surface area contributed by atoms with Gasteiger partial charge in [-0.3, -0.25) is 15.6 Å². The highest BCUT2D eigenvalue weighted by atomic mass is 32.1. The molecule has 2 rings (SSSR count). The Hall–Kier alpha value is -1.82. The van der Waals surface area contributed by atoms with E-state index in [4.69, 9.17) is 16.6 Å². The maximum Gasteiger partial charge on any atom is 0.262 e. The Morgan fingerprint density at radius 2 is 2.18 bits per heavy atom. The Morgan fingerprint density at radius 3 is 2.91 bits per heavy atom. The Bertz CT molecular complexity index is 528. The first-order valence-electron chi connectivity index (χ1n) is 7.64. The molecule has 1 amide bonds. The zero-order chi connectivity index (χ0) is 15.9. The van der Waals surface area contributed by atoms with Crippen LogP contribution in [0.15, 0.2) is 28.9 Å². The van der Waals surface area contributed by atoms with Crippen LogP contribution in [0.1, 0.15) is 38.9 Å². The van der Waals surface area contributed by atoms with Crippen molar-refractivity contribution in [3.05, 3.63) is 30.2 Å². The Labute approximate surface area is 136 Å². The first-order valence-corrected chi connectivity index (χ1v) is 8.05. The highest BCUT2D eigenvalue weighted by Crippen LogP contribution is 2.29. The minimum absolute atomic E-state index is 0.286. The van der Waals surface area contributed by atoms with E-state index < -0.39 is 0 Å². The number of nitrogens with one attached hydrogen (secondary N) is 3. The highest BCUT2D eigenvalue weighted by molar-refractivity contribution is 7.80. The van der Waals surface area contributed by atoms with E-state index >= 15 is 0 Å². The molecular weight excluding hydrogens is 298 g/mol. The van der Waals surface area contributed by atoms with E-state index in [9.17, 15) is 4.79 Å². The number of hydrogen-bond donors (Lipinski definition) is 3. The van der Waals surface area contributed by atoms with Gasteiger partial charge >= 0.3 is 0 Å². The van der Waals surface area contributed by atoms with Crippen molar-refractivity contribution in [1.82, 2.24) is 16.2 Å². The first kappa shape index (κ1) is 16.5. The molecule has 1 heterocycles. The molecule has 120 valence electrons. The molecule has 0 aromatic carbocycles. The Morgan fingerprint density at radius 1 is 1.36 bits per heavy atom. The summed E-state index contributed by atoms with van der Waals surface area (Å²) in [6.07, 6.45) is 8.14. The van der Waals surface area contributed by atoms with Crippen LogP contribution in [0.25, 0.3) is 6.08 Å². The summed E-state index contributed by atoms with van der Waals surface area (Å²) < 4.78 is 5.11. The summed E-state index contributed by atoms with van der Waals surface area (Å²) in [6.45, 7) is 4.52. The van der Waals surface area contributed by atoms with Crippen molar-refractivity contribution in [3.8, 4) is 0 Å². The van der Waals surface area contributed by atoms with Gasteiger partial charge in [0.25, 0.3) is 5.91 Å². The average Bonchev–Trinajstić information content (AvgIpc) is 3.01. The molecule has 3 N–H and O–H groups in total. The predicted molar refractivity (Wildman–Crippen MR) is 90.7 cm³/mol. The second-order valence-corrected chi connectivity index (χ2v) is 6.22. The van der Waals surface area contributed by atoms with Crippen molar-refractivity contribution in [2.24, 2.45) is 11.8 Å². The van der Waals surface area contributed by atoms with Crippen LogP contribution in [0.3, 0.4) is 0 Å². The molecule has 1 aliphatic carbocycles. The molecular formula is C16H23N3O2S. The molecule has 1 saturated carbocycles. The smallest absolute Gasteiger partial charge is 0.262 e. The zero-order valence-electron chi connectivity index (χ0n) is 13.0. The van der Waals surface area contributed by atoms with Crippen LogP contribution in [0.4, 0.5) is 0 Å². The van der Waals surface area contributed by atoms with Crippen LogP contribution in [0.5, 0.6) is 0 Å². The third-order valence-electron chi connectivity index (χ3n) is 4.26. The molecule has 22 heavy (non-hydrogen) atoms. The zero-order valence-corrected chi connectivity index (χ0v) is 13.8. The number of hydrogen-bond acceptors (Lipinski definition) is 3. The van der Waals surface area contributed by atoms with E-state index in [1.807, 2.05) is 0 Å². The number of carbonyl (C=O) groups excluding carboxylic acids is 1. The van der Waals surface area contributed by atoms with Crippen molar-refractivity contribution in [1.29, 1.82) is 0 Å². The van der Waals surface area contributed by atoms with Crippen molar-refractivity contribution in [2.45, 2.75) is 39.2 Å². The Kier molecular flexibility index (Phi) is 6.00. The first-order chi connectivity index (χ1) is 10.6. The van der Waals surface area contributed by atoms with Crippen LogP contribution >= 0.6 is 12.2 Å². The summed E-state index contributed by atoms with van der Waals surface area (Å²) in [5, 5.41) is 3.74. The molecule has 6 heteroatoms. The minimum Gasteiger partial charge on any atom is -0.465 e. The van der Waals surface area contributed by atoms with Gasteiger partial charge in [-0.1, -0.05) is 26.7 Å². The molecule has 0 aliphatic heterocycles. The number of amides is 1. The largest absolute Gasteiger partial charge is 0.465 e. The van der Waals surface area contributed by atoms with Gasteiger partial charge in [-0.05, 0) is 48.7 Å². The van der Waals surface area contributed by atoms with Crippen molar-refractivity contribution >= 4 is 29.3 Å². The topological polar surface area (TPSA) is 66.3 Å². The van der Waals surface area contributed by atoms with Gasteiger partial charge in [0.1, 0.15) is 5.76 Å². The lowest BCUT2D eigenvalue weighted by Crippen LogP contribution is -2.52. The standard InChI is InChI=1S/C16H23N3O2S/c1-11-5-3-7-14(12(11)2)17-16(22)19-18-15(20)9-8-13-6-4-10-21-13/h4,6,8-12,14H,3,5,7H2,1-2H3,(H,18,20)(H2,17,19,22)/b9-8+/t11-,12-,14-/m1/s1. The van der Waals surface area contributed by atoms with Gasteiger partial charge < -0.3 is 9.73 Å². The molecule has 0 bridgehead atoms. The van der Waals surface area contributed by atoms with E-state index in [2.05, 4.69) is 30.0 Å². The summed E-state index contributed by atoms with van der Waals surface area (Å²) in [5.41, 5.74) is 5.27. The van der Waals surface area contributed by atoms with Crippen LogP contribution in [-0.4, -0.2) is 17.1 Å². The molecule has 0 spiro atoms. The second kappa shape index (κ2) is 7.98. The molecule has 0 unspecified atom stereocenters. The van der Waals surface area contributed by atoms with Gasteiger partial charge in [-0.15, -0.1) is 0 Å². The van der Waals surface area contributed by atoms with Gasteiger partial charge in [0.05, 0.1) is 6.26 Å². The van der Waals surface area contributed by atoms with Crippen molar-refractivity contribution < 1.29 is 9.21 Å². The number of carbonyl (C=O) groups is 1. The van der Waals surface area contributed by atoms with E-state index in [1.54, 1.807) is 24.5 Å². The fourth-order valence-electron chi connectivity index (χ4n) is 2.69. The quantitative estimate of drug-likeness (QED) is 0.454. The van der Waals surface area contributed by atoms with Crippen LogP contribution in [0.2, 0.25) is 0 Å². The maximum absolute atomic E-state index is 11.7. The molecule has 1 fully saturated rings. The van der Waals surface area contributed by atoms with Crippen LogP contribution in [0, 0.1) is 11.8 Å². The van der Waals surface area contributed by atoms with Crippen molar-refractivity contribution in [2.75, 3.05) is 0 Å². The fraction of sp³-hybridized carbons (Fsp3) is 0.500.